The molecule has 2 heterocycles. The Bertz CT molecular complexity index is 883. The second-order valence-corrected chi connectivity index (χ2v) is 6.08. The van der Waals surface area contributed by atoms with Crippen LogP contribution in [0.3, 0.4) is 0 Å². The average molecular weight is 366 g/mol. The molecule has 0 spiro atoms. The van der Waals surface area contributed by atoms with E-state index in [1.165, 1.54) is 6.33 Å². The molecule has 2 aromatic heterocycles. The van der Waals surface area contributed by atoms with Gasteiger partial charge in [0.1, 0.15) is 17.8 Å². The fourth-order valence-electron chi connectivity index (χ4n) is 1.80. The van der Waals surface area contributed by atoms with Crippen molar-refractivity contribution in [2.45, 2.75) is 6.92 Å². The molecule has 3 aromatic rings. The number of carbonyl (C=O) groups excluding carboxylic acids is 1. The number of hydrogen-bond donors (Lipinski definition) is 1. The molecule has 3 rings (SSSR count). The molecule has 0 radical (unpaired) electrons. The van der Waals surface area contributed by atoms with Crippen molar-refractivity contribution < 1.29 is 4.79 Å². The minimum absolute atomic E-state index is 0.217. The SMILES string of the molecule is Cc1nsc(NC(=O)c2cc(-c3ccc(Cl)c(Cl)c3)ncn2)n1. The van der Waals surface area contributed by atoms with Gasteiger partial charge in [-0.05, 0) is 25.1 Å². The van der Waals surface area contributed by atoms with E-state index < -0.39 is 0 Å². The lowest BCUT2D eigenvalue weighted by atomic mass is 10.1. The topological polar surface area (TPSA) is 80.7 Å². The maximum Gasteiger partial charge on any atom is 0.276 e. The van der Waals surface area contributed by atoms with Crippen molar-refractivity contribution in [3.05, 3.63) is 52.2 Å². The molecule has 23 heavy (non-hydrogen) atoms. The maximum absolute atomic E-state index is 12.2. The normalized spacial score (nSPS) is 10.6. The number of nitrogens with one attached hydrogen (secondary N) is 1. The number of halogens is 2. The Morgan fingerprint density at radius 1 is 1.17 bits per heavy atom. The van der Waals surface area contributed by atoms with Crippen molar-refractivity contribution >= 4 is 45.8 Å². The Morgan fingerprint density at radius 3 is 2.70 bits per heavy atom. The van der Waals surface area contributed by atoms with Gasteiger partial charge in [0.15, 0.2) is 0 Å². The summed E-state index contributed by atoms with van der Waals surface area (Å²) in [6.07, 6.45) is 1.32. The van der Waals surface area contributed by atoms with Crippen molar-refractivity contribution in [1.82, 2.24) is 19.3 Å². The molecule has 116 valence electrons. The van der Waals surface area contributed by atoms with Crippen molar-refractivity contribution in [2.24, 2.45) is 0 Å². The van der Waals surface area contributed by atoms with Crippen LogP contribution in [0.1, 0.15) is 16.3 Å². The smallest absolute Gasteiger partial charge is 0.276 e. The van der Waals surface area contributed by atoms with Gasteiger partial charge < -0.3 is 0 Å². The van der Waals surface area contributed by atoms with E-state index in [0.717, 1.165) is 17.1 Å². The van der Waals surface area contributed by atoms with Crippen molar-refractivity contribution in [2.75, 3.05) is 5.32 Å². The molecule has 0 unspecified atom stereocenters. The predicted octanol–water partition coefficient (Wildman–Crippen LogP) is 3.86. The largest absolute Gasteiger partial charge is 0.295 e. The molecule has 0 aliphatic heterocycles. The summed E-state index contributed by atoms with van der Waals surface area (Å²) in [5.41, 5.74) is 1.52. The van der Waals surface area contributed by atoms with Crippen LogP contribution in [-0.2, 0) is 0 Å². The molecule has 0 atom stereocenters. The highest BCUT2D eigenvalue weighted by molar-refractivity contribution is 7.09. The minimum atomic E-state index is -0.384. The lowest BCUT2D eigenvalue weighted by Gasteiger charge is -2.05. The second-order valence-electron chi connectivity index (χ2n) is 4.52. The van der Waals surface area contributed by atoms with Crippen molar-refractivity contribution in [3.8, 4) is 11.3 Å². The van der Waals surface area contributed by atoms with Crippen LogP contribution in [0, 0.1) is 6.92 Å². The fourth-order valence-corrected chi connectivity index (χ4v) is 2.67. The first kappa shape index (κ1) is 15.8. The Morgan fingerprint density at radius 2 is 2.00 bits per heavy atom. The molecule has 1 N–H and O–H groups in total. The Balaban J connectivity index is 1.87. The Kier molecular flexibility index (Phi) is 4.51. The minimum Gasteiger partial charge on any atom is -0.295 e. The first-order chi connectivity index (χ1) is 11.0. The summed E-state index contributed by atoms with van der Waals surface area (Å²) in [7, 11) is 0. The fraction of sp³-hybridized carbons (Fsp3) is 0.0714. The van der Waals surface area contributed by atoms with E-state index in [-0.39, 0.29) is 11.6 Å². The quantitative estimate of drug-likeness (QED) is 0.761. The van der Waals surface area contributed by atoms with Gasteiger partial charge in [0.05, 0.1) is 15.7 Å². The van der Waals surface area contributed by atoms with Crippen LogP contribution >= 0.6 is 34.7 Å². The molecule has 6 nitrogen and oxygen atoms in total. The zero-order valence-corrected chi connectivity index (χ0v) is 14.1. The zero-order chi connectivity index (χ0) is 16.4. The van der Waals surface area contributed by atoms with E-state index in [2.05, 4.69) is 24.6 Å². The van der Waals surface area contributed by atoms with Gasteiger partial charge in [-0.25, -0.2) is 15.0 Å². The molecule has 9 heteroatoms. The van der Waals surface area contributed by atoms with E-state index >= 15 is 0 Å². The van der Waals surface area contributed by atoms with Crippen LogP contribution in [0.4, 0.5) is 5.13 Å². The first-order valence-corrected chi connectivity index (χ1v) is 7.95. The molecule has 0 saturated heterocycles. The third-order valence-electron chi connectivity index (χ3n) is 2.86. The molecular weight excluding hydrogens is 357 g/mol. The van der Waals surface area contributed by atoms with Crippen molar-refractivity contribution in [3.63, 3.8) is 0 Å². The van der Waals surface area contributed by atoms with Crippen LogP contribution < -0.4 is 5.32 Å². The number of aromatic nitrogens is 4. The average Bonchev–Trinajstić information content (AvgIpc) is 2.95. The summed E-state index contributed by atoms with van der Waals surface area (Å²) in [4.78, 5) is 24.4. The van der Waals surface area contributed by atoms with Crippen LogP contribution in [-0.4, -0.2) is 25.2 Å². The number of nitrogens with zero attached hydrogens (tertiary/aromatic N) is 4. The number of hydrogen-bond acceptors (Lipinski definition) is 6. The zero-order valence-electron chi connectivity index (χ0n) is 11.7. The summed E-state index contributed by atoms with van der Waals surface area (Å²) >= 11 is 13.0. The second kappa shape index (κ2) is 6.57. The van der Waals surface area contributed by atoms with Crippen LogP contribution in [0.15, 0.2) is 30.6 Å². The van der Waals surface area contributed by atoms with E-state index in [4.69, 9.17) is 23.2 Å². The summed E-state index contributed by atoms with van der Waals surface area (Å²) < 4.78 is 4.00. The van der Waals surface area contributed by atoms with E-state index in [1.807, 2.05) is 0 Å². The highest BCUT2D eigenvalue weighted by Crippen LogP contribution is 2.27. The van der Waals surface area contributed by atoms with Crippen LogP contribution in [0.25, 0.3) is 11.3 Å². The van der Waals surface area contributed by atoms with Gasteiger partial charge in [-0.3, -0.25) is 10.1 Å². The molecule has 0 saturated carbocycles. The highest BCUT2D eigenvalue weighted by atomic mass is 35.5. The Labute approximate surface area is 145 Å². The third-order valence-corrected chi connectivity index (χ3v) is 4.32. The van der Waals surface area contributed by atoms with Gasteiger partial charge in [0.2, 0.25) is 5.13 Å². The summed E-state index contributed by atoms with van der Waals surface area (Å²) in [5.74, 6) is 0.217. The molecule has 0 aliphatic rings. The number of aryl methyl sites for hydroxylation is 1. The monoisotopic (exact) mass is 365 g/mol. The van der Waals surface area contributed by atoms with Crippen molar-refractivity contribution in [1.29, 1.82) is 0 Å². The van der Waals surface area contributed by atoms with Gasteiger partial charge in [0.25, 0.3) is 5.91 Å². The maximum atomic E-state index is 12.2. The predicted molar refractivity (Wildman–Crippen MR) is 90.1 cm³/mol. The summed E-state index contributed by atoms with van der Waals surface area (Å²) in [6.45, 7) is 1.75. The summed E-state index contributed by atoms with van der Waals surface area (Å²) in [6, 6.07) is 6.70. The molecule has 1 aromatic carbocycles. The molecule has 0 fully saturated rings. The number of rotatable bonds is 3. The lowest BCUT2D eigenvalue weighted by Crippen LogP contribution is -2.13. The molecule has 0 bridgehead atoms. The summed E-state index contributed by atoms with van der Waals surface area (Å²) in [5, 5.41) is 3.93. The van der Waals surface area contributed by atoms with Gasteiger partial charge in [-0.1, -0.05) is 29.3 Å². The van der Waals surface area contributed by atoms with E-state index in [0.29, 0.717) is 26.7 Å². The highest BCUT2D eigenvalue weighted by Gasteiger charge is 2.12. The molecular formula is C14H9Cl2N5OS. The number of amides is 1. The third kappa shape index (κ3) is 3.64. The lowest BCUT2D eigenvalue weighted by molar-refractivity contribution is 0.102. The first-order valence-electron chi connectivity index (χ1n) is 6.42. The number of anilines is 1. The number of benzene rings is 1. The van der Waals surface area contributed by atoms with Gasteiger partial charge in [-0.2, -0.15) is 4.37 Å². The molecule has 1 amide bonds. The van der Waals surface area contributed by atoms with E-state index in [9.17, 15) is 4.79 Å². The van der Waals surface area contributed by atoms with Gasteiger partial charge >= 0.3 is 0 Å². The van der Waals surface area contributed by atoms with E-state index in [1.54, 1.807) is 31.2 Å². The van der Waals surface area contributed by atoms with Gasteiger partial charge in [0, 0.05) is 17.1 Å². The van der Waals surface area contributed by atoms with Gasteiger partial charge in [-0.15, -0.1) is 0 Å². The molecule has 0 aliphatic carbocycles. The standard InChI is InChI=1S/C14H9Cl2N5OS/c1-7-19-14(23-21-7)20-13(22)12-5-11(17-6-18-12)8-2-3-9(15)10(16)4-8/h2-6H,1H3,(H,19,20,21,22). The number of carbonyl (C=O) groups is 1. The Hall–Kier alpha value is -2.09. The van der Waals surface area contributed by atoms with Crippen LogP contribution in [0.5, 0.6) is 0 Å². The van der Waals surface area contributed by atoms with Crippen LogP contribution in [0.2, 0.25) is 10.0 Å².